The van der Waals surface area contributed by atoms with Crippen molar-refractivity contribution in [2.45, 2.75) is 32.7 Å². The Kier molecular flexibility index (Phi) is 3.75. The molecule has 2 heteroatoms. The van der Waals surface area contributed by atoms with Gasteiger partial charge < -0.3 is 10.1 Å². The van der Waals surface area contributed by atoms with Gasteiger partial charge in [-0.05, 0) is 24.1 Å². The molecule has 0 fully saturated rings. The molecule has 0 heterocycles. The van der Waals surface area contributed by atoms with Crippen LogP contribution >= 0.6 is 0 Å². The zero-order valence-corrected chi connectivity index (χ0v) is 10.3. The van der Waals surface area contributed by atoms with Gasteiger partial charge in [0.2, 0.25) is 0 Å². The minimum absolute atomic E-state index is 0.189. The van der Waals surface area contributed by atoms with Crippen LogP contribution in [-0.2, 0) is 12.0 Å². The average Bonchev–Trinajstić information content (AvgIpc) is 2.17. The van der Waals surface area contributed by atoms with E-state index in [-0.39, 0.29) is 5.41 Å². The summed E-state index contributed by atoms with van der Waals surface area (Å²) in [6.07, 6.45) is 0. The third kappa shape index (κ3) is 2.96. The molecule has 1 aromatic rings. The van der Waals surface area contributed by atoms with E-state index in [1.165, 1.54) is 11.1 Å². The highest BCUT2D eigenvalue weighted by molar-refractivity contribution is 5.39. The third-order valence-electron chi connectivity index (χ3n) is 2.51. The van der Waals surface area contributed by atoms with Crippen molar-refractivity contribution in [2.75, 3.05) is 14.2 Å². The van der Waals surface area contributed by atoms with E-state index in [1.54, 1.807) is 7.11 Å². The van der Waals surface area contributed by atoms with Crippen molar-refractivity contribution in [3.05, 3.63) is 29.3 Å². The van der Waals surface area contributed by atoms with Crippen LogP contribution in [0.5, 0.6) is 5.75 Å². The first-order valence-electron chi connectivity index (χ1n) is 5.31. The number of rotatable bonds is 3. The molecule has 0 aliphatic carbocycles. The molecule has 0 aliphatic heterocycles. The molecule has 84 valence electrons. The zero-order chi connectivity index (χ0) is 11.5. The summed E-state index contributed by atoms with van der Waals surface area (Å²) in [6.45, 7) is 7.50. The van der Waals surface area contributed by atoms with Crippen LogP contribution in [0.4, 0.5) is 0 Å². The van der Waals surface area contributed by atoms with E-state index in [1.807, 2.05) is 13.1 Å². The second kappa shape index (κ2) is 4.67. The maximum absolute atomic E-state index is 5.33. The highest BCUT2D eigenvalue weighted by atomic mass is 16.5. The van der Waals surface area contributed by atoms with Crippen molar-refractivity contribution in [2.24, 2.45) is 0 Å². The van der Waals surface area contributed by atoms with E-state index in [4.69, 9.17) is 4.74 Å². The van der Waals surface area contributed by atoms with Crippen LogP contribution in [-0.4, -0.2) is 14.2 Å². The predicted octanol–water partition coefficient (Wildman–Crippen LogP) is 2.71. The first kappa shape index (κ1) is 12.1. The van der Waals surface area contributed by atoms with Crippen LogP contribution in [0, 0.1) is 0 Å². The standard InChI is InChI=1S/C13H21NO/c1-13(2,3)11-6-7-12(15-5)10(8-11)9-14-4/h6-8,14H,9H2,1-5H3. The van der Waals surface area contributed by atoms with Crippen LogP contribution in [0.25, 0.3) is 0 Å². The maximum atomic E-state index is 5.33. The molecular weight excluding hydrogens is 186 g/mol. The van der Waals surface area contributed by atoms with Crippen LogP contribution < -0.4 is 10.1 Å². The fraction of sp³-hybridized carbons (Fsp3) is 0.538. The first-order valence-corrected chi connectivity index (χ1v) is 5.31. The van der Waals surface area contributed by atoms with Crippen molar-refractivity contribution in [1.29, 1.82) is 0 Å². The Labute approximate surface area is 92.6 Å². The van der Waals surface area contributed by atoms with Gasteiger partial charge in [-0.2, -0.15) is 0 Å². The lowest BCUT2D eigenvalue weighted by atomic mass is 9.86. The quantitative estimate of drug-likeness (QED) is 0.823. The van der Waals surface area contributed by atoms with E-state index in [0.29, 0.717) is 0 Å². The lowest BCUT2D eigenvalue weighted by Crippen LogP contribution is -2.13. The monoisotopic (exact) mass is 207 g/mol. The number of nitrogens with one attached hydrogen (secondary N) is 1. The van der Waals surface area contributed by atoms with Crippen molar-refractivity contribution in [3.8, 4) is 5.75 Å². The zero-order valence-electron chi connectivity index (χ0n) is 10.3. The van der Waals surface area contributed by atoms with Crippen LogP contribution in [0.15, 0.2) is 18.2 Å². The molecule has 1 rings (SSSR count). The van der Waals surface area contributed by atoms with E-state index in [2.05, 4.69) is 38.2 Å². The van der Waals surface area contributed by atoms with Gasteiger partial charge in [-0.25, -0.2) is 0 Å². The third-order valence-corrected chi connectivity index (χ3v) is 2.51. The van der Waals surface area contributed by atoms with Gasteiger partial charge in [0.1, 0.15) is 5.75 Å². The Morgan fingerprint density at radius 2 is 1.93 bits per heavy atom. The molecule has 0 unspecified atom stereocenters. The van der Waals surface area contributed by atoms with Gasteiger partial charge >= 0.3 is 0 Å². The van der Waals surface area contributed by atoms with Gasteiger partial charge in [-0.3, -0.25) is 0 Å². The largest absolute Gasteiger partial charge is 0.496 e. The second-order valence-corrected chi connectivity index (χ2v) is 4.81. The lowest BCUT2D eigenvalue weighted by Gasteiger charge is -2.21. The highest BCUT2D eigenvalue weighted by Gasteiger charge is 2.15. The first-order chi connectivity index (χ1) is 6.99. The lowest BCUT2D eigenvalue weighted by molar-refractivity contribution is 0.407. The smallest absolute Gasteiger partial charge is 0.123 e. The second-order valence-electron chi connectivity index (χ2n) is 4.81. The summed E-state index contributed by atoms with van der Waals surface area (Å²) in [6, 6.07) is 6.40. The molecule has 2 nitrogen and oxygen atoms in total. The Balaban J connectivity index is 3.10. The fourth-order valence-corrected chi connectivity index (χ4v) is 1.57. The van der Waals surface area contributed by atoms with Gasteiger partial charge in [-0.15, -0.1) is 0 Å². The molecule has 0 amide bonds. The molecule has 0 aromatic heterocycles. The molecule has 0 radical (unpaired) electrons. The summed E-state index contributed by atoms with van der Waals surface area (Å²) in [5.74, 6) is 0.956. The normalized spacial score (nSPS) is 11.5. The average molecular weight is 207 g/mol. The minimum atomic E-state index is 0.189. The summed E-state index contributed by atoms with van der Waals surface area (Å²) in [5.41, 5.74) is 2.75. The number of hydrogen-bond donors (Lipinski definition) is 1. The van der Waals surface area contributed by atoms with Crippen LogP contribution in [0.1, 0.15) is 31.9 Å². The highest BCUT2D eigenvalue weighted by Crippen LogP contribution is 2.27. The van der Waals surface area contributed by atoms with Gasteiger partial charge in [0, 0.05) is 12.1 Å². The van der Waals surface area contributed by atoms with Gasteiger partial charge in [0.25, 0.3) is 0 Å². The van der Waals surface area contributed by atoms with Gasteiger partial charge in [0.05, 0.1) is 7.11 Å². The maximum Gasteiger partial charge on any atom is 0.123 e. The Hall–Kier alpha value is -1.02. The number of ether oxygens (including phenoxy) is 1. The molecular formula is C13H21NO. The van der Waals surface area contributed by atoms with E-state index < -0.39 is 0 Å². The van der Waals surface area contributed by atoms with Gasteiger partial charge in [-0.1, -0.05) is 32.9 Å². The van der Waals surface area contributed by atoms with Crippen molar-refractivity contribution < 1.29 is 4.74 Å². The molecule has 15 heavy (non-hydrogen) atoms. The van der Waals surface area contributed by atoms with Crippen molar-refractivity contribution >= 4 is 0 Å². The molecule has 0 saturated carbocycles. The predicted molar refractivity (Wildman–Crippen MR) is 64.5 cm³/mol. The Morgan fingerprint density at radius 1 is 1.27 bits per heavy atom. The minimum Gasteiger partial charge on any atom is -0.496 e. The van der Waals surface area contributed by atoms with Crippen molar-refractivity contribution in [1.82, 2.24) is 5.32 Å². The van der Waals surface area contributed by atoms with E-state index >= 15 is 0 Å². The number of hydrogen-bond acceptors (Lipinski definition) is 2. The molecule has 1 aromatic carbocycles. The summed E-state index contributed by atoms with van der Waals surface area (Å²) in [5, 5.41) is 3.16. The fourth-order valence-electron chi connectivity index (χ4n) is 1.57. The SMILES string of the molecule is CNCc1cc(C(C)(C)C)ccc1OC. The Bertz CT molecular complexity index is 326. The van der Waals surface area contributed by atoms with Crippen LogP contribution in [0.3, 0.4) is 0 Å². The molecule has 1 N–H and O–H groups in total. The van der Waals surface area contributed by atoms with E-state index in [0.717, 1.165) is 12.3 Å². The number of benzene rings is 1. The van der Waals surface area contributed by atoms with E-state index in [9.17, 15) is 0 Å². The van der Waals surface area contributed by atoms with Crippen molar-refractivity contribution in [3.63, 3.8) is 0 Å². The number of methoxy groups -OCH3 is 1. The molecule has 0 bridgehead atoms. The van der Waals surface area contributed by atoms with Crippen LogP contribution in [0.2, 0.25) is 0 Å². The molecule has 0 aliphatic rings. The summed E-state index contributed by atoms with van der Waals surface area (Å²) >= 11 is 0. The summed E-state index contributed by atoms with van der Waals surface area (Å²) in [7, 11) is 3.66. The molecule has 0 atom stereocenters. The summed E-state index contributed by atoms with van der Waals surface area (Å²) < 4.78 is 5.33. The topological polar surface area (TPSA) is 21.3 Å². The summed E-state index contributed by atoms with van der Waals surface area (Å²) in [4.78, 5) is 0. The Morgan fingerprint density at radius 3 is 2.40 bits per heavy atom. The van der Waals surface area contributed by atoms with Gasteiger partial charge in [0.15, 0.2) is 0 Å². The molecule has 0 saturated heterocycles. The molecule has 0 spiro atoms.